The van der Waals surface area contributed by atoms with Crippen LogP contribution in [0.4, 0.5) is 0 Å². The molecule has 0 spiro atoms. The molecule has 0 saturated heterocycles. The molecule has 2 nitrogen and oxygen atoms in total. The molecule has 1 N–H and O–H groups in total. The molecule has 0 amide bonds. The zero-order valence-electron chi connectivity index (χ0n) is 11.8. The molecule has 20 heavy (non-hydrogen) atoms. The number of hydrogen-bond donors (Lipinski definition) is 1. The van der Waals surface area contributed by atoms with Crippen LogP contribution in [0.5, 0.6) is 0 Å². The number of hydrogen-bond acceptors (Lipinski definition) is 1. The van der Waals surface area contributed by atoms with Crippen molar-refractivity contribution in [2.45, 2.75) is 20.3 Å². The molecule has 2 aromatic carbocycles. The molecule has 2 rings (SSSR count). The van der Waals surface area contributed by atoms with E-state index in [4.69, 9.17) is 0 Å². The van der Waals surface area contributed by atoms with Crippen molar-refractivity contribution in [3.63, 3.8) is 0 Å². The third-order valence-corrected chi connectivity index (χ3v) is 4.40. The van der Waals surface area contributed by atoms with Crippen LogP contribution in [0.1, 0.15) is 18.1 Å². The topological polar surface area (TPSA) is 37.3 Å². The molecular weight excluding hydrogens is 267 g/mol. The maximum absolute atomic E-state index is 11.5. The van der Waals surface area contributed by atoms with Gasteiger partial charge in [-0.15, -0.1) is 0 Å². The lowest BCUT2D eigenvalue weighted by molar-refractivity contribution is 0.513. The monoisotopic (exact) mass is 286 g/mol. The van der Waals surface area contributed by atoms with Gasteiger partial charge >= 0.3 is 0 Å². The van der Waals surface area contributed by atoms with Crippen molar-refractivity contribution in [3.8, 4) is 11.1 Å². The third-order valence-electron chi connectivity index (χ3n) is 3.47. The Balaban J connectivity index is 2.59. The lowest BCUT2D eigenvalue weighted by atomic mass is 9.95. The van der Waals surface area contributed by atoms with Gasteiger partial charge in [-0.25, -0.2) is 0 Å². The van der Waals surface area contributed by atoms with Crippen LogP contribution < -0.4 is 5.30 Å². The van der Waals surface area contributed by atoms with E-state index in [-0.39, 0.29) is 0 Å². The van der Waals surface area contributed by atoms with E-state index in [1.165, 1.54) is 0 Å². The van der Waals surface area contributed by atoms with Crippen molar-refractivity contribution in [3.05, 3.63) is 65.7 Å². The van der Waals surface area contributed by atoms with Crippen molar-refractivity contribution in [1.29, 1.82) is 0 Å². The maximum atomic E-state index is 11.5. The maximum Gasteiger partial charge on any atom is 0.218 e. The molecule has 0 saturated carbocycles. The van der Waals surface area contributed by atoms with Gasteiger partial charge in [0.25, 0.3) is 0 Å². The summed E-state index contributed by atoms with van der Waals surface area (Å²) in [5, 5.41) is 0.574. The Kier molecular flexibility index (Phi) is 4.94. The number of allylic oxidation sites excluding steroid dienone is 2. The van der Waals surface area contributed by atoms with Gasteiger partial charge in [0.15, 0.2) is 0 Å². The highest BCUT2D eigenvalue weighted by Crippen LogP contribution is 2.28. The Morgan fingerprint density at radius 2 is 1.85 bits per heavy atom. The molecule has 0 aliphatic carbocycles. The average molecular weight is 286 g/mol. The van der Waals surface area contributed by atoms with E-state index >= 15 is 0 Å². The van der Waals surface area contributed by atoms with Gasteiger partial charge in [-0.3, -0.25) is 4.57 Å². The van der Waals surface area contributed by atoms with Gasteiger partial charge in [-0.05, 0) is 48.6 Å². The van der Waals surface area contributed by atoms with E-state index in [0.717, 1.165) is 22.3 Å². The molecule has 104 valence electrons. The second kappa shape index (κ2) is 6.69. The first kappa shape index (κ1) is 14.8. The van der Waals surface area contributed by atoms with E-state index in [1.54, 1.807) is 6.07 Å². The minimum absolute atomic E-state index is 0.574. The molecule has 3 heteroatoms. The summed E-state index contributed by atoms with van der Waals surface area (Å²) in [7, 11) is -2.68. The Labute approximate surface area is 120 Å². The van der Waals surface area contributed by atoms with Crippen LogP contribution in [0.3, 0.4) is 0 Å². The summed E-state index contributed by atoms with van der Waals surface area (Å²) < 4.78 is 11.5. The second-order valence-corrected chi connectivity index (χ2v) is 5.86. The van der Waals surface area contributed by atoms with Gasteiger partial charge in [-0.1, -0.05) is 48.6 Å². The third kappa shape index (κ3) is 3.09. The first-order valence-electron chi connectivity index (χ1n) is 6.67. The quantitative estimate of drug-likeness (QED) is 0.684. The summed E-state index contributed by atoms with van der Waals surface area (Å²) in [6.07, 6.45) is 4.67. The normalized spacial score (nSPS) is 12.8. The van der Waals surface area contributed by atoms with Crippen LogP contribution >= 0.6 is 8.03 Å². The van der Waals surface area contributed by atoms with E-state index < -0.39 is 8.03 Å². The molecule has 0 aliphatic rings. The molecule has 2 aromatic rings. The summed E-state index contributed by atoms with van der Waals surface area (Å²) in [5.41, 5.74) is 4.31. The highest BCUT2D eigenvalue weighted by molar-refractivity contribution is 7.47. The molecule has 0 radical (unpaired) electrons. The number of rotatable bonds is 4. The van der Waals surface area contributed by atoms with Crippen LogP contribution in [-0.2, 0) is 11.0 Å². The largest absolute Gasteiger partial charge is 0.343 e. The fraction of sp³-hybridized carbons (Fsp3) is 0.176. The van der Waals surface area contributed by atoms with Crippen molar-refractivity contribution in [2.24, 2.45) is 0 Å². The summed E-state index contributed by atoms with van der Waals surface area (Å²) >= 11 is 0. The molecule has 1 unspecified atom stereocenters. The lowest BCUT2D eigenvalue weighted by Gasteiger charge is -2.14. The summed E-state index contributed by atoms with van der Waals surface area (Å²) in [4.78, 5) is 9.51. The zero-order valence-corrected chi connectivity index (χ0v) is 12.8. The molecule has 0 heterocycles. The fourth-order valence-electron chi connectivity index (χ4n) is 2.39. The Hall–Kier alpha value is -1.63. The standard InChI is InChI=1S/C17H19O2P/c1-3-4-10-16-13(2)15(11-12-17(16)20(18)19)14-8-6-5-7-9-14/h3-9,11-12,20H,10H2,1-2H3,(H,18,19). The van der Waals surface area contributed by atoms with Gasteiger partial charge in [0.05, 0.1) is 0 Å². The highest BCUT2D eigenvalue weighted by Gasteiger charge is 2.13. The van der Waals surface area contributed by atoms with E-state index in [2.05, 4.69) is 12.1 Å². The molecule has 0 fully saturated rings. The van der Waals surface area contributed by atoms with E-state index in [1.807, 2.05) is 50.3 Å². The minimum Gasteiger partial charge on any atom is -0.343 e. The van der Waals surface area contributed by atoms with Crippen LogP contribution in [-0.4, -0.2) is 4.89 Å². The van der Waals surface area contributed by atoms with Crippen LogP contribution in [0, 0.1) is 6.92 Å². The summed E-state index contributed by atoms with van der Waals surface area (Å²) in [6.45, 7) is 3.98. The second-order valence-electron chi connectivity index (χ2n) is 4.71. The van der Waals surface area contributed by atoms with Crippen molar-refractivity contribution < 1.29 is 9.46 Å². The van der Waals surface area contributed by atoms with Gasteiger partial charge in [0.1, 0.15) is 0 Å². The SMILES string of the molecule is CC=CCc1c([PH](=O)O)ccc(-c2ccccc2)c1C. The summed E-state index contributed by atoms with van der Waals surface area (Å²) in [5.74, 6) is 0. The minimum atomic E-state index is -2.68. The molecular formula is C17H19O2P. The van der Waals surface area contributed by atoms with Crippen LogP contribution in [0.25, 0.3) is 11.1 Å². The Bertz CT molecular complexity index is 646. The van der Waals surface area contributed by atoms with Gasteiger partial charge in [-0.2, -0.15) is 0 Å². The number of benzene rings is 2. The van der Waals surface area contributed by atoms with Gasteiger partial charge in [0.2, 0.25) is 8.03 Å². The van der Waals surface area contributed by atoms with Crippen LogP contribution in [0.15, 0.2) is 54.6 Å². The predicted octanol–water partition coefficient (Wildman–Crippen LogP) is 3.87. The average Bonchev–Trinajstić information content (AvgIpc) is 2.46. The van der Waals surface area contributed by atoms with Crippen molar-refractivity contribution in [2.75, 3.05) is 0 Å². The smallest absolute Gasteiger partial charge is 0.218 e. The Morgan fingerprint density at radius 1 is 1.15 bits per heavy atom. The first-order valence-corrected chi connectivity index (χ1v) is 8.03. The van der Waals surface area contributed by atoms with E-state index in [9.17, 15) is 9.46 Å². The van der Waals surface area contributed by atoms with Gasteiger partial charge in [0, 0.05) is 5.30 Å². The molecule has 0 aromatic heterocycles. The highest BCUT2D eigenvalue weighted by atomic mass is 31.1. The summed E-state index contributed by atoms with van der Waals surface area (Å²) in [6, 6.07) is 13.8. The van der Waals surface area contributed by atoms with E-state index in [0.29, 0.717) is 11.7 Å². The predicted molar refractivity (Wildman–Crippen MR) is 86.0 cm³/mol. The van der Waals surface area contributed by atoms with Crippen molar-refractivity contribution in [1.82, 2.24) is 0 Å². The molecule has 0 bridgehead atoms. The fourth-order valence-corrected chi connectivity index (χ4v) is 3.16. The molecule has 1 atom stereocenters. The Morgan fingerprint density at radius 3 is 2.45 bits per heavy atom. The van der Waals surface area contributed by atoms with Crippen molar-refractivity contribution >= 4 is 13.3 Å². The van der Waals surface area contributed by atoms with Gasteiger partial charge < -0.3 is 4.89 Å². The molecule has 0 aliphatic heterocycles. The van der Waals surface area contributed by atoms with Crippen LogP contribution in [0.2, 0.25) is 0 Å². The zero-order chi connectivity index (χ0) is 14.5. The lowest BCUT2D eigenvalue weighted by Crippen LogP contribution is -2.08. The first-order chi connectivity index (χ1) is 9.65.